The molecule has 1 aromatic heterocycles. The molecule has 0 atom stereocenters. The maximum atomic E-state index is 7.98. The fraction of sp³-hybridized carbons (Fsp3) is 0.294. The van der Waals surface area contributed by atoms with Crippen molar-refractivity contribution in [1.82, 2.24) is 0 Å². The summed E-state index contributed by atoms with van der Waals surface area (Å²) in [6, 6.07) is 11.4. The Labute approximate surface area is 112 Å². The molecular formula is C17H18O. The summed E-state index contributed by atoms with van der Waals surface area (Å²) in [5.41, 5.74) is 2.38. The van der Waals surface area contributed by atoms with E-state index in [1.54, 1.807) is 0 Å². The van der Waals surface area contributed by atoms with Crippen LogP contribution in [0.15, 0.2) is 40.8 Å². The van der Waals surface area contributed by atoms with Gasteiger partial charge in [0.2, 0.25) is 0 Å². The van der Waals surface area contributed by atoms with E-state index in [4.69, 9.17) is 8.53 Å². The molecule has 1 heterocycles. The van der Waals surface area contributed by atoms with E-state index in [1.165, 1.54) is 0 Å². The SMILES string of the molecule is [2H]C([2H])([2H])c1c(C(C)(C)C)ccc2oc3ccccc3c12. The Morgan fingerprint density at radius 1 is 1.00 bits per heavy atom. The van der Waals surface area contributed by atoms with Crippen molar-refractivity contribution in [3.63, 3.8) is 0 Å². The van der Waals surface area contributed by atoms with Crippen molar-refractivity contribution in [1.29, 1.82) is 0 Å². The van der Waals surface area contributed by atoms with E-state index in [0.29, 0.717) is 11.1 Å². The van der Waals surface area contributed by atoms with Gasteiger partial charge in [0.25, 0.3) is 0 Å². The first-order chi connectivity index (χ1) is 9.69. The molecule has 0 bridgehead atoms. The van der Waals surface area contributed by atoms with Crippen molar-refractivity contribution in [3.05, 3.63) is 47.5 Å². The van der Waals surface area contributed by atoms with Crippen LogP contribution in [0.2, 0.25) is 0 Å². The van der Waals surface area contributed by atoms with Crippen LogP contribution in [0, 0.1) is 6.85 Å². The molecule has 0 saturated heterocycles. The zero-order chi connectivity index (χ0) is 15.4. The van der Waals surface area contributed by atoms with Crippen molar-refractivity contribution in [3.8, 4) is 0 Å². The summed E-state index contributed by atoms with van der Waals surface area (Å²) in [5, 5.41) is 1.59. The van der Waals surface area contributed by atoms with E-state index in [2.05, 4.69) is 0 Å². The minimum atomic E-state index is -2.17. The molecule has 0 aliphatic rings. The molecule has 0 aliphatic heterocycles. The molecule has 0 aliphatic carbocycles. The van der Waals surface area contributed by atoms with Crippen LogP contribution in [0.4, 0.5) is 0 Å². The molecule has 18 heavy (non-hydrogen) atoms. The van der Waals surface area contributed by atoms with Gasteiger partial charge in [-0.15, -0.1) is 0 Å². The van der Waals surface area contributed by atoms with Gasteiger partial charge in [-0.3, -0.25) is 0 Å². The average molecular weight is 241 g/mol. The van der Waals surface area contributed by atoms with E-state index in [1.807, 2.05) is 57.2 Å². The number of benzene rings is 2. The van der Waals surface area contributed by atoms with E-state index >= 15 is 0 Å². The highest BCUT2D eigenvalue weighted by Crippen LogP contribution is 2.36. The highest BCUT2D eigenvalue weighted by Gasteiger charge is 2.19. The van der Waals surface area contributed by atoms with Crippen LogP contribution in [-0.4, -0.2) is 0 Å². The van der Waals surface area contributed by atoms with Gasteiger partial charge in [-0.1, -0.05) is 45.0 Å². The van der Waals surface area contributed by atoms with Crippen LogP contribution in [0.3, 0.4) is 0 Å². The Kier molecular flexibility index (Phi) is 1.68. The number of rotatable bonds is 0. The Hall–Kier alpha value is -1.76. The van der Waals surface area contributed by atoms with E-state index in [0.717, 1.165) is 21.9 Å². The van der Waals surface area contributed by atoms with Gasteiger partial charge in [-0.25, -0.2) is 0 Å². The minimum absolute atomic E-state index is 0.240. The lowest BCUT2D eigenvalue weighted by atomic mass is 9.83. The minimum Gasteiger partial charge on any atom is -0.456 e. The predicted molar refractivity (Wildman–Crippen MR) is 77.2 cm³/mol. The van der Waals surface area contributed by atoms with Gasteiger partial charge in [-0.05, 0) is 35.5 Å². The molecule has 0 saturated carbocycles. The van der Waals surface area contributed by atoms with Gasteiger partial charge in [-0.2, -0.15) is 0 Å². The van der Waals surface area contributed by atoms with E-state index < -0.39 is 6.85 Å². The molecule has 3 rings (SSSR count). The fourth-order valence-corrected chi connectivity index (χ4v) is 2.44. The zero-order valence-corrected chi connectivity index (χ0v) is 10.9. The zero-order valence-electron chi connectivity index (χ0n) is 13.9. The first-order valence-electron chi connectivity index (χ1n) is 7.65. The van der Waals surface area contributed by atoms with Crippen LogP contribution in [0.1, 0.15) is 36.0 Å². The second-order valence-electron chi connectivity index (χ2n) is 5.71. The van der Waals surface area contributed by atoms with Crippen molar-refractivity contribution in [2.75, 3.05) is 0 Å². The summed E-state index contributed by atoms with van der Waals surface area (Å²) >= 11 is 0. The molecule has 0 unspecified atom stereocenters. The fourth-order valence-electron chi connectivity index (χ4n) is 2.44. The van der Waals surface area contributed by atoms with Crippen LogP contribution in [0.5, 0.6) is 0 Å². The first kappa shape index (κ1) is 8.36. The third-order valence-corrected chi connectivity index (χ3v) is 3.35. The van der Waals surface area contributed by atoms with Gasteiger partial charge in [0.15, 0.2) is 0 Å². The Morgan fingerprint density at radius 2 is 1.78 bits per heavy atom. The number of furan rings is 1. The van der Waals surface area contributed by atoms with E-state index in [9.17, 15) is 0 Å². The standard InChI is InChI=1S/C17H18O/c1-11-13(17(2,3)4)9-10-15-16(11)12-7-5-6-8-14(12)18-15/h5-10H,1-4H3/i1D3. The molecule has 1 heteroatoms. The van der Waals surface area contributed by atoms with Crippen LogP contribution >= 0.6 is 0 Å². The van der Waals surface area contributed by atoms with E-state index in [-0.39, 0.29) is 5.41 Å². The molecular weight excluding hydrogens is 220 g/mol. The highest BCUT2D eigenvalue weighted by atomic mass is 16.3. The maximum Gasteiger partial charge on any atom is 0.135 e. The lowest BCUT2D eigenvalue weighted by Gasteiger charge is -2.21. The lowest BCUT2D eigenvalue weighted by molar-refractivity contribution is 0.586. The molecule has 92 valence electrons. The Morgan fingerprint density at radius 3 is 2.50 bits per heavy atom. The van der Waals surface area contributed by atoms with Crippen LogP contribution in [-0.2, 0) is 5.41 Å². The number of hydrogen-bond acceptors (Lipinski definition) is 1. The topological polar surface area (TPSA) is 13.1 Å². The molecule has 3 aromatic rings. The molecule has 1 nitrogen and oxygen atoms in total. The molecule has 0 amide bonds. The second kappa shape index (κ2) is 3.61. The summed E-state index contributed by atoms with van der Waals surface area (Å²) in [7, 11) is 0. The second-order valence-corrected chi connectivity index (χ2v) is 5.71. The van der Waals surface area contributed by atoms with Gasteiger partial charge >= 0.3 is 0 Å². The van der Waals surface area contributed by atoms with Gasteiger partial charge in [0.05, 0.1) is 0 Å². The van der Waals surface area contributed by atoms with Crippen LogP contribution in [0.25, 0.3) is 21.9 Å². The van der Waals surface area contributed by atoms with Crippen molar-refractivity contribution in [2.24, 2.45) is 0 Å². The van der Waals surface area contributed by atoms with Crippen molar-refractivity contribution in [2.45, 2.75) is 33.0 Å². The predicted octanol–water partition coefficient (Wildman–Crippen LogP) is 5.19. The monoisotopic (exact) mass is 241 g/mol. The Bertz CT molecular complexity index is 820. The third-order valence-electron chi connectivity index (χ3n) is 3.35. The molecule has 0 N–H and O–H groups in total. The largest absolute Gasteiger partial charge is 0.456 e. The van der Waals surface area contributed by atoms with Crippen LogP contribution < -0.4 is 0 Å². The third kappa shape index (κ3) is 1.54. The maximum absolute atomic E-state index is 7.98. The normalized spacial score (nSPS) is 15.6. The first-order valence-corrected chi connectivity index (χ1v) is 6.15. The number of para-hydroxylation sites is 1. The molecule has 2 aromatic carbocycles. The number of fused-ring (bicyclic) bond motifs is 3. The summed E-state index contributed by atoms with van der Waals surface area (Å²) in [4.78, 5) is 0. The van der Waals surface area contributed by atoms with Gasteiger partial charge in [0.1, 0.15) is 11.2 Å². The highest BCUT2D eigenvalue weighted by molar-refractivity contribution is 6.07. The molecule has 0 spiro atoms. The summed E-state index contributed by atoms with van der Waals surface area (Å²) in [6.07, 6.45) is 0. The quantitative estimate of drug-likeness (QED) is 0.527. The molecule has 0 radical (unpaired) electrons. The van der Waals surface area contributed by atoms with Gasteiger partial charge in [0, 0.05) is 14.9 Å². The van der Waals surface area contributed by atoms with Crippen molar-refractivity contribution < 1.29 is 8.53 Å². The average Bonchev–Trinajstić information content (AvgIpc) is 2.73. The van der Waals surface area contributed by atoms with Gasteiger partial charge < -0.3 is 4.42 Å². The summed E-state index contributed by atoms with van der Waals surface area (Å²) < 4.78 is 29.8. The number of hydrogen-bond donors (Lipinski definition) is 0. The smallest absolute Gasteiger partial charge is 0.135 e. The molecule has 0 fully saturated rings. The summed E-state index contributed by atoms with van der Waals surface area (Å²) in [5.74, 6) is 0. The lowest BCUT2D eigenvalue weighted by Crippen LogP contribution is -2.12. The van der Waals surface area contributed by atoms with Crippen molar-refractivity contribution >= 4 is 21.9 Å². The number of aryl methyl sites for hydroxylation is 1. The Balaban J connectivity index is 2.55. The summed E-state index contributed by atoms with van der Waals surface area (Å²) in [6.45, 7) is 3.93.